The molecule has 0 aliphatic heterocycles. The highest BCUT2D eigenvalue weighted by Crippen LogP contribution is 2.05. The summed E-state index contributed by atoms with van der Waals surface area (Å²) in [6.07, 6.45) is 0.0278. The molecule has 0 amide bonds. The minimum atomic E-state index is -2.12. The van der Waals surface area contributed by atoms with Crippen LogP contribution in [0.15, 0.2) is 0 Å². The van der Waals surface area contributed by atoms with Crippen molar-refractivity contribution in [1.82, 2.24) is 0 Å². The molecule has 0 saturated heterocycles. The van der Waals surface area contributed by atoms with Crippen molar-refractivity contribution in [2.24, 2.45) is 5.92 Å². The monoisotopic (exact) mass is 106 g/mol. The quantitative estimate of drug-likeness (QED) is 0.472. The van der Waals surface area contributed by atoms with Gasteiger partial charge in [-0.05, 0) is 12.2 Å². The van der Waals surface area contributed by atoms with E-state index in [4.69, 9.17) is 0 Å². The Morgan fingerprint density at radius 1 is 1.43 bits per heavy atom. The fourth-order valence-corrected chi connectivity index (χ4v) is 0.356. The lowest BCUT2D eigenvalue weighted by atomic mass is 9.85. The number of hydrogen-bond acceptors (Lipinski definition) is 0. The van der Waals surface area contributed by atoms with Crippen molar-refractivity contribution >= 4 is 7.27 Å². The molecule has 0 atom stereocenters. The molecule has 0 rings (SSSR count). The van der Waals surface area contributed by atoms with Crippen LogP contribution in [0.25, 0.3) is 0 Å². The zero-order chi connectivity index (χ0) is 5.86. The highest BCUT2D eigenvalue weighted by Gasteiger charge is 2.12. The van der Waals surface area contributed by atoms with E-state index in [2.05, 4.69) is 0 Å². The highest BCUT2D eigenvalue weighted by molar-refractivity contribution is 6.42. The van der Waals surface area contributed by atoms with E-state index in [9.17, 15) is 8.63 Å². The zero-order valence-electron chi connectivity index (χ0n) is 4.62. The maximum absolute atomic E-state index is 11.3. The number of halogens is 2. The Kier molecular flexibility index (Phi) is 2.96. The predicted molar refractivity (Wildman–Crippen MR) is 27.6 cm³/mol. The Hall–Kier alpha value is -0.0751. The van der Waals surface area contributed by atoms with Gasteiger partial charge in [-0.2, -0.15) is 0 Å². The SMILES string of the molecule is CC(C)CB(F)F. The van der Waals surface area contributed by atoms with E-state index < -0.39 is 7.27 Å². The van der Waals surface area contributed by atoms with E-state index in [0.29, 0.717) is 0 Å². The molecule has 0 radical (unpaired) electrons. The second-order valence-electron chi connectivity index (χ2n) is 2.02. The molecule has 0 spiro atoms. The fraction of sp³-hybridized carbons (Fsp3) is 1.00. The third kappa shape index (κ3) is 5.92. The van der Waals surface area contributed by atoms with Crippen molar-refractivity contribution in [2.45, 2.75) is 20.2 Å². The van der Waals surface area contributed by atoms with E-state index >= 15 is 0 Å². The van der Waals surface area contributed by atoms with Crippen LogP contribution in [0.2, 0.25) is 6.32 Å². The Morgan fingerprint density at radius 2 is 1.86 bits per heavy atom. The Morgan fingerprint density at radius 3 is 1.86 bits per heavy atom. The molecule has 0 aliphatic carbocycles. The molecular weight excluding hydrogens is 96.9 g/mol. The Labute approximate surface area is 43.1 Å². The van der Waals surface area contributed by atoms with Crippen molar-refractivity contribution in [3.05, 3.63) is 0 Å². The van der Waals surface area contributed by atoms with Gasteiger partial charge in [-0.3, -0.25) is 8.63 Å². The maximum Gasteiger partial charge on any atom is 0.538 e. The van der Waals surface area contributed by atoms with Crippen LogP contribution in [0.1, 0.15) is 13.8 Å². The summed E-state index contributed by atoms with van der Waals surface area (Å²) in [6, 6.07) is 0. The molecule has 3 heteroatoms. The molecule has 0 fully saturated rings. The summed E-state index contributed by atoms with van der Waals surface area (Å²) in [5, 5.41) is 0. The molecule has 0 aromatic rings. The van der Waals surface area contributed by atoms with Crippen molar-refractivity contribution in [1.29, 1.82) is 0 Å². The summed E-state index contributed by atoms with van der Waals surface area (Å²) in [4.78, 5) is 0. The molecular formula is C4H9BF2. The molecule has 0 unspecified atom stereocenters. The molecule has 0 aromatic carbocycles. The first-order chi connectivity index (χ1) is 3.13. The summed E-state index contributed by atoms with van der Waals surface area (Å²) < 4.78 is 22.6. The van der Waals surface area contributed by atoms with Gasteiger partial charge in [0, 0.05) is 0 Å². The van der Waals surface area contributed by atoms with E-state index in [1.807, 2.05) is 0 Å². The van der Waals surface area contributed by atoms with Crippen molar-refractivity contribution in [2.75, 3.05) is 0 Å². The van der Waals surface area contributed by atoms with Gasteiger partial charge >= 0.3 is 7.27 Å². The summed E-state index contributed by atoms with van der Waals surface area (Å²) >= 11 is 0. The lowest BCUT2D eigenvalue weighted by molar-refractivity contribution is 0.601. The van der Waals surface area contributed by atoms with Crippen molar-refractivity contribution in [3.63, 3.8) is 0 Å². The molecule has 0 aromatic heterocycles. The van der Waals surface area contributed by atoms with Gasteiger partial charge in [0.15, 0.2) is 0 Å². The van der Waals surface area contributed by atoms with Gasteiger partial charge in [-0.25, -0.2) is 0 Å². The first kappa shape index (κ1) is 6.92. The molecule has 7 heavy (non-hydrogen) atoms. The average Bonchev–Trinajstić information content (AvgIpc) is 1.27. The second-order valence-corrected chi connectivity index (χ2v) is 2.02. The van der Waals surface area contributed by atoms with Crippen LogP contribution >= 0.6 is 0 Å². The summed E-state index contributed by atoms with van der Waals surface area (Å²) in [7, 11) is -2.12. The summed E-state index contributed by atoms with van der Waals surface area (Å²) in [5.74, 6) is 0.125. The third-order valence-corrected chi connectivity index (χ3v) is 0.650. The highest BCUT2D eigenvalue weighted by atomic mass is 19.2. The van der Waals surface area contributed by atoms with E-state index in [0.717, 1.165) is 0 Å². The Bertz CT molecular complexity index is 39.0. The van der Waals surface area contributed by atoms with Crippen LogP contribution in [0.5, 0.6) is 0 Å². The topological polar surface area (TPSA) is 0 Å². The van der Waals surface area contributed by atoms with Crippen molar-refractivity contribution < 1.29 is 8.63 Å². The molecule has 0 aliphatic rings. The van der Waals surface area contributed by atoms with Crippen LogP contribution in [-0.2, 0) is 0 Å². The normalized spacial score (nSPS) is 9.86. The maximum atomic E-state index is 11.3. The lowest BCUT2D eigenvalue weighted by Gasteiger charge is -1.95. The standard InChI is InChI=1S/C4H9BF2/c1-4(2)3-5(6)7/h4H,3H2,1-2H3. The second kappa shape index (κ2) is 3.00. The zero-order valence-corrected chi connectivity index (χ0v) is 4.62. The first-order valence-electron chi connectivity index (χ1n) is 2.41. The van der Waals surface area contributed by atoms with Crippen LogP contribution in [0.3, 0.4) is 0 Å². The van der Waals surface area contributed by atoms with E-state index in [1.165, 1.54) is 0 Å². The van der Waals surface area contributed by atoms with Crippen LogP contribution in [0, 0.1) is 5.92 Å². The summed E-state index contributed by atoms with van der Waals surface area (Å²) in [5.41, 5.74) is 0. The van der Waals surface area contributed by atoms with E-state index in [1.54, 1.807) is 13.8 Å². The van der Waals surface area contributed by atoms with Gasteiger partial charge in [0.1, 0.15) is 0 Å². The number of rotatable bonds is 2. The van der Waals surface area contributed by atoms with Gasteiger partial charge < -0.3 is 0 Å². The number of hydrogen-bond donors (Lipinski definition) is 0. The third-order valence-electron chi connectivity index (χ3n) is 0.650. The Balaban J connectivity index is 2.95. The molecule has 0 nitrogen and oxygen atoms in total. The predicted octanol–water partition coefficient (Wildman–Crippen LogP) is 2.07. The summed E-state index contributed by atoms with van der Waals surface area (Å²) in [6.45, 7) is 3.57. The van der Waals surface area contributed by atoms with Gasteiger partial charge in [-0.1, -0.05) is 13.8 Å². The van der Waals surface area contributed by atoms with Crippen molar-refractivity contribution in [3.8, 4) is 0 Å². The van der Waals surface area contributed by atoms with E-state index in [-0.39, 0.29) is 12.2 Å². The lowest BCUT2D eigenvalue weighted by Crippen LogP contribution is -2.00. The fourth-order valence-electron chi connectivity index (χ4n) is 0.356. The van der Waals surface area contributed by atoms with Crippen LogP contribution < -0.4 is 0 Å². The minimum Gasteiger partial charge on any atom is -0.287 e. The van der Waals surface area contributed by atoms with Gasteiger partial charge in [-0.15, -0.1) is 0 Å². The molecule has 0 N–H and O–H groups in total. The molecule has 0 saturated carbocycles. The van der Waals surface area contributed by atoms with Crippen LogP contribution in [-0.4, -0.2) is 7.27 Å². The molecule has 42 valence electrons. The molecule has 0 bridgehead atoms. The first-order valence-corrected chi connectivity index (χ1v) is 2.41. The minimum absolute atomic E-state index is 0.0278. The average molecular weight is 106 g/mol. The van der Waals surface area contributed by atoms with Gasteiger partial charge in [0.2, 0.25) is 0 Å². The van der Waals surface area contributed by atoms with Gasteiger partial charge in [0.05, 0.1) is 0 Å². The largest absolute Gasteiger partial charge is 0.538 e. The molecule has 0 heterocycles. The van der Waals surface area contributed by atoms with Crippen LogP contribution in [0.4, 0.5) is 8.63 Å². The smallest absolute Gasteiger partial charge is 0.287 e. The van der Waals surface area contributed by atoms with Gasteiger partial charge in [0.25, 0.3) is 0 Å².